The Kier molecular flexibility index (Phi) is 2360. The molecule has 0 heterocycles. The van der Waals surface area contributed by atoms with Gasteiger partial charge < -0.3 is 0 Å². The van der Waals surface area contributed by atoms with Gasteiger partial charge >= 0.3 is 23.7 Å². The zero-order valence-corrected chi connectivity index (χ0v) is 5.40. The second-order valence-corrected chi connectivity index (χ2v) is 0. The molecule has 0 radical (unpaired) electrons. The first-order valence-electron chi connectivity index (χ1n) is 0.516. The Morgan fingerprint density at radius 3 is 0.800 bits per heavy atom. The third-order valence-corrected chi connectivity index (χ3v) is 0. The van der Waals surface area contributed by atoms with Crippen molar-refractivity contribution in [3.8, 4) is 13.1 Å². The van der Waals surface area contributed by atoms with Crippen LogP contribution in [0.15, 0.2) is 0 Å². The van der Waals surface area contributed by atoms with Crippen LogP contribution in [0.3, 0.4) is 0 Å². The first-order valence-corrected chi connectivity index (χ1v) is 0.516. The third-order valence-electron chi connectivity index (χ3n) is 0. The SMILES string of the molecule is C#N.C#N.[TeH2]. The molecule has 0 aromatic rings. The van der Waals surface area contributed by atoms with Crippen molar-refractivity contribution in [3.05, 3.63) is 0 Å². The van der Waals surface area contributed by atoms with Gasteiger partial charge in [0.1, 0.15) is 0 Å². The summed E-state index contributed by atoms with van der Waals surface area (Å²) in [6.45, 7) is 7.00. The minimum absolute atomic E-state index is 0. The van der Waals surface area contributed by atoms with E-state index in [2.05, 4.69) is 13.1 Å². The van der Waals surface area contributed by atoms with Crippen LogP contribution in [0.2, 0.25) is 0 Å². The zero-order chi connectivity index (χ0) is 4.00. The Morgan fingerprint density at radius 1 is 0.800 bits per heavy atom. The van der Waals surface area contributed by atoms with E-state index >= 15 is 0 Å². The molecule has 0 rings (SSSR count). The molecule has 0 saturated carbocycles. The van der Waals surface area contributed by atoms with Gasteiger partial charge in [0.15, 0.2) is 0 Å². The van der Waals surface area contributed by atoms with Gasteiger partial charge in [-0.2, -0.15) is 0 Å². The van der Waals surface area contributed by atoms with Crippen molar-refractivity contribution >= 4 is 23.7 Å². The number of hydrogen-bond donors (Lipinski definition) is 0. The fraction of sp³-hybridized carbons (Fsp3) is 0. The van der Waals surface area contributed by atoms with Gasteiger partial charge in [0.25, 0.3) is 0 Å². The molecular formula is C2H4N2Te. The molecule has 3 heteroatoms. The summed E-state index contributed by atoms with van der Waals surface area (Å²) in [5.74, 6) is 0. The van der Waals surface area contributed by atoms with Crippen LogP contribution in [0.4, 0.5) is 0 Å². The van der Waals surface area contributed by atoms with E-state index in [9.17, 15) is 0 Å². The second-order valence-electron chi connectivity index (χ2n) is 0. The van der Waals surface area contributed by atoms with Gasteiger partial charge in [-0.3, -0.25) is 0 Å². The summed E-state index contributed by atoms with van der Waals surface area (Å²) in [5.41, 5.74) is 0. The first kappa shape index (κ1) is 21.6. The number of nitrogens with zero attached hydrogens (tertiary/aromatic N) is 2. The monoisotopic (exact) mass is 186 g/mol. The summed E-state index contributed by atoms with van der Waals surface area (Å²) in [6, 6.07) is 0. The van der Waals surface area contributed by atoms with E-state index in [1.807, 2.05) is 0 Å². The molecule has 0 aliphatic rings. The van der Waals surface area contributed by atoms with E-state index in [1.165, 1.54) is 0 Å². The maximum absolute atomic E-state index is 6.50. The van der Waals surface area contributed by atoms with Crippen molar-refractivity contribution in [2.75, 3.05) is 0 Å². The first-order chi connectivity index (χ1) is 2.00. The molecule has 0 amide bonds. The molecule has 0 aliphatic heterocycles. The number of rotatable bonds is 0. The summed E-state index contributed by atoms with van der Waals surface area (Å²) in [6.07, 6.45) is 0. The Labute approximate surface area is 47.7 Å². The van der Waals surface area contributed by atoms with Gasteiger partial charge in [-0.25, -0.2) is 10.5 Å². The van der Waals surface area contributed by atoms with Gasteiger partial charge in [0.2, 0.25) is 0 Å². The molecule has 0 N–H and O–H groups in total. The molecule has 0 unspecified atom stereocenters. The van der Waals surface area contributed by atoms with E-state index in [0.29, 0.717) is 0 Å². The van der Waals surface area contributed by atoms with Gasteiger partial charge in [-0.05, 0) is 0 Å². The van der Waals surface area contributed by atoms with Crippen LogP contribution in [0.1, 0.15) is 0 Å². The van der Waals surface area contributed by atoms with Crippen LogP contribution >= 0.6 is 0 Å². The van der Waals surface area contributed by atoms with Crippen LogP contribution < -0.4 is 0 Å². The Bertz CT molecular complexity index is 23.1. The Balaban J connectivity index is -0.0000000133. The fourth-order valence-corrected chi connectivity index (χ4v) is 0. The molecule has 0 bridgehead atoms. The molecule has 28 valence electrons. The van der Waals surface area contributed by atoms with Crippen LogP contribution in [0.5, 0.6) is 0 Å². The zero-order valence-electron chi connectivity index (χ0n) is 2.55. The van der Waals surface area contributed by atoms with Crippen LogP contribution in [0, 0.1) is 23.7 Å². The summed E-state index contributed by atoms with van der Waals surface area (Å²) in [5, 5.41) is 13.0. The summed E-state index contributed by atoms with van der Waals surface area (Å²) < 4.78 is 0. The topological polar surface area (TPSA) is 47.6 Å². The average molecular weight is 184 g/mol. The maximum atomic E-state index is 6.50. The van der Waals surface area contributed by atoms with Crippen LogP contribution in [-0.2, 0) is 0 Å². The predicted molar refractivity (Wildman–Crippen MR) is 21.9 cm³/mol. The summed E-state index contributed by atoms with van der Waals surface area (Å²) in [4.78, 5) is 0. The molecule has 0 spiro atoms. The Hall–Kier alpha value is -0.230. The second kappa shape index (κ2) is 545. The molecular weight excluding hydrogens is 180 g/mol. The van der Waals surface area contributed by atoms with E-state index in [1.54, 1.807) is 0 Å². The Morgan fingerprint density at radius 2 is 0.800 bits per heavy atom. The van der Waals surface area contributed by atoms with Gasteiger partial charge in [-0.1, -0.05) is 0 Å². The quantitative estimate of drug-likeness (QED) is 0.470. The standard InChI is InChI=1S/2CHN.H2Te/c2*1-2;/h2*1H;1H2. The molecule has 5 heavy (non-hydrogen) atoms. The normalized spacial score (nSPS) is 0.800. The van der Waals surface area contributed by atoms with Crippen molar-refractivity contribution in [1.29, 1.82) is 10.5 Å². The molecule has 2 nitrogen and oxygen atoms in total. The molecule has 0 aliphatic carbocycles. The summed E-state index contributed by atoms with van der Waals surface area (Å²) >= 11 is 0. The van der Waals surface area contributed by atoms with E-state index in [-0.39, 0.29) is 23.7 Å². The summed E-state index contributed by atoms with van der Waals surface area (Å²) in [7, 11) is 0. The van der Waals surface area contributed by atoms with Crippen molar-refractivity contribution in [2.45, 2.75) is 0 Å². The molecule has 0 saturated heterocycles. The number of hydrogen-bond acceptors (Lipinski definition) is 2. The molecule has 0 atom stereocenters. The van der Waals surface area contributed by atoms with E-state index in [4.69, 9.17) is 10.5 Å². The third kappa shape index (κ3) is 222. The molecule has 0 aromatic heterocycles. The molecule has 0 aromatic carbocycles. The van der Waals surface area contributed by atoms with Gasteiger partial charge in [-0.15, -0.1) is 0 Å². The van der Waals surface area contributed by atoms with Crippen molar-refractivity contribution < 1.29 is 0 Å². The van der Waals surface area contributed by atoms with Crippen LogP contribution in [-0.4, -0.2) is 23.7 Å². The fourth-order valence-electron chi connectivity index (χ4n) is 0. The average Bonchev–Trinajstić information content (AvgIpc) is 1.50. The number of nitriles is 2. The van der Waals surface area contributed by atoms with E-state index in [0.717, 1.165) is 0 Å². The minimum atomic E-state index is 0. The van der Waals surface area contributed by atoms with Crippen molar-refractivity contribution in [3.63, 3.8) is 0 Å². The van der Waals surface area contributed by atoms with Crippen LogP contribution in [0.25, 0.3) is 0 Å². The van der Waals surface area contributed by atoms with Gasteiger partial charge in [0.05, 0.1) is 0 Å². The van der Waals surface area contributed by atoms with Crippen molar-refractivity contribution in [2.24, 2.45) is 0 Å². The van der Waals surface area contributed by atoms with Crippen molar-refractivity contribution in [1.82, 2.24) is 0 Å². The van der Waals surface area contributed by atoms with E-state index < -0.39 is 0 Å². The molecule has 0 fully saturated rings. The predicted octanol–water partition coefficient (Wildman–Crippen LogP) is -0.637. The van der Waals surface area contributed by atoms with Gasteiger partial charge in [0, 0.05) is 13.1 Å².